The summed E-state index contributed by atoms with van der Waals surface area (Å²) >= 11 is 4.03. The number of hydrogen-bond donors (Lipinski definition) is 1. The van der Waals surface area contributed by atoms with Gasteiger partial charge < -0.3 is 0 Å². The standard InChI is InChI=1S/C15H16OS/c1-11(9-13(16)10-17)14-8-4-6-12-5-2-3-7-15(12)14/h2-8,11,17H,9-10H2,1H3. The van der Waals surface area contributed by atoms with Crippen LogP contribution in [0.5, 0.6) is 0 Å². The molecule has 0 radical (unpaired) electrons. The first kappa shape index (κ1) is 12.2. The van der Waals surface area contributed by atoms with E-state index in [1.54, 1.807) is 0 Å². The van der Waals surface area contributed by atoms with Crippen LogP contribution in [-0.2, 0) is 4.79 Å². The fourth-order valence-corrected chi connectivity index (χ4v) is 2.33. The molecule has 0 saturated heterocycles. The third-order valence-electron chi connectivity index (χ3n) is 3.06. The number of thiol groups is 1. The Hall–Kier alpha value is -1.28. The van der Waals surface area contributed by atoms with Crippen molar-refractivity contribution in [3.8, 4) is 0 Å². The van der Waals surface area contributed by atoms with Crippen LogP contribution in [-0.4, -0.2) is 11.5 Å². The van der Waals surface area contributed by atoms with Crippen LogP contribution < -0.4 is 0 Å². The summed E-state index contributed by atoms with van der Waals surface area (Å²) < 4.78 is 0. The minimum absolute atomic E-state index is 0.203. The van der Waals surface area contributed by atoms with E-state index in [0.717, 1.165) is 0 Å². The molecular weight excluding hydrogens is 228 g/mol. The van der Waals surface area contributed by atoms with Gasteiger partial charge in [-0.1, -0.05) is 49.4 Å². The third kappa shape index (κ3) is 2.70. The zero-order chi connectivity index (χ0) is 12.3. The summed E-state index contributed by atoms with van der Waals surface area (Å²) in [6.45, 7) is 2.10. The van der Waals surface area contributed by atoms with E-state index < -0.39 is 0 Å². The lowest BCUT2D eigenvalue weighted by molar-refractivity contribution is -0.116. The van der Waals surface area contributed by atoms with Crippen molar-refractivity contribution in [1.82, 2.24) is 0 Å². The van der Waals surface area contributed by atoms with Gasteiger partial charge in [-0.05, 0) is 22.3 Å². The zero-order valence-corrected chi connectivity index (χ0v) is 10.8. The van der Waals surface area contributed by atoms with E-state index in [1.165, 1.54) is 16.3 Å². The van der Waals surface area contributed by atoms with Crippen molar-refractivity contribution in [2.75, 3.05) is 5.75 Å². The first-order valence-electron chi connectivity index (χ1n) is 5.82. The molecule has 0 fully saturated rings. The van der Waals surface area contributed by atoms with Crippen molar-refractivity contribution in [2.45, 2.75) is 19.3 Å². The minimum atomic E-state index is 0.203. The van der Waals surface area contributed by atoms with Crippen LogP contribution in [0.2, 0.25) is 0 Å². The topological polar surface area (TPSA) is 17.1 Å². The monoisotopic (exact) mass is 244 g/mol. The summed E-state index contributed by atoms with van der Waals surface area (Å²) in [6, 6.07) is 14.6. The van der Waals surface area contributed by atoms with Crippen molar-refractivity contribution >= 4 is 29.2 Å². The normalized spacial score (nSPS) is 12.6. The predicted octanol–water partition coefficient (Wildman–Crippen LogP) is 3.83. The van der Waals surface area contributed by atoms with E-state index in [2.05, 4.69) is 49.9 Å². The van der Waals surface area contributed by atoms with E-state index in [0.29, 0.717) is 12.2 Å². The Kier molecular flexibility index (Phi) is 3.85. The van der Waals surface area contributed by atoms with Crippen molar-refractivity contribution < 1.29 is 4.79 Å². The van der Waals surface area contributed by atoms with Crippen LogP contribution >= 0.6 is 12.6 Å². The van der Waals surface area contributed by atoms with Crippen LogP contribution in [0.4, 0.5) is 0 Å². The lowest BCUT2D eigenvalue weighted by atomic mass is 9.91. The lowest BCUT2D eigenvalue weighted by Gasteiger charge is -2.13. The van der Waals surface area contributed by atoms with Crippen molar-refractivity contribution in [2.24, 2.45) is 0 Å². The molecular formula is C15H16OS. The molecule has 1 unspecified atom stereocenters. The summed E-state index contributed by atoms with van der Waals surface area (Å²) in [7, 11) is 0. The molecule has 0 heterocycles. The van der Waals surface area contributed by atoms with Gasteiger partial charge in [0.2, 0.25) is 0 Å². The SMILES string of the molecule is CC(CC(=O)CS)c1cccc2ccccc12. The van der Waals surface area contributed by atoms with Gasteiger partial charge in [0.05, 0.1) is 0 Å². The van der Waals surface area contributed by atoms with Gasteiger partial charge in [0.25, 0.3) is 0 Å². The van der Waals surface area contributed by atoms with Gasteiger partial charge in [-0.15, -0.1) is 0 Å². The predicted molar refractivity (Wildman–Crippen MR) is 75.8 cm³/mol. The number of carbonyl (C=O) groups excluding carboxylic acids is 1. The number of ketones is 1. The Bertz CT molecular complexity index is 528. The van der Waals surface area contributed by atoms with Crippen molar-refractivity contribution in [1.29, 1.82) is 0 Å². The summed E-state index contributed by atoms with van der Waals surface area (Å²) in [4.78, 5) is 11.5. The highest BCUT2D eigenvalue weighted by Crippen LogP contribution is 2.27. The molecule has 0 amide bonds. The first-order valence-corrected chi connectivity index (χ1v) is 6.46. The average Bonchev–Trinajstić information content (AvgIpc) is 2.37. The van der Waals surface area contributed by atoms with Crippen LogP contribution in [0.1, 0.15) is 24.8 Å². The Morgan fingerprint density at radius 2 is 1.88 bits per heavy atom. The highest BCUT2D eigenvalue weighted by atomic mass is 32.1. The molecule has 2 rings (SSSR count). The van der Waals surface area contributed by atoms with E-state index in [4.69, 9.17) is 0 Å². The molecule has 2 aromatic carbocycles. The zero-order valence-electron chi connectivity index (χ0n) is 9.89. The summed E-state index contributed by atoms with van der Waals surface area (Å²) in [5.74, 6) is 0.782. The molecule has 2 heteroatoms. The second kappa shape index (κ2) is 5.37. The number of carbonyl (C=O) groups is 1. The maximum atomic E-state index is 11.5. The van der Waals surface area contributed by atoms with E-state index in [-0.39, 0.29) is 11.7 Å². The van der Waals surface area contributed by atoms with Crippen LogP contribution in [0.25, 0.3) is 10.8 Å². The Morgan fingerprint density at radius 1 is 1.18 bits per heavy atom. The summed E-state index contributed by atoms with van der Waals surface area (Å²) in [6.07, 6.45) is 0.567. The largest absolute Gasteiger partial charge is 0.299 e. The quantitative estimate of drug-likeness (QED) is 0.809. The number of Topliss-reactive ketones (excluding diaryl/α,β-unsaturated/α-hetero) is 1. The van der Waals surface area contributed by atoms with Crippen molar-refractivity contribution in [3.05, 3.63) is 48.0 Å². The van der Waals surface area contributed by atoms with Crippen molar-refractivity contribution in [3.63, 3.8) is 0 Å². The van der Waals surface area contributed by atoms with Crippen LogP contribution in [0.15, 0.2) is 42.5 Å². The Morgan fingerprint density at radius 3 is 2.65 bits per heavy atom. The molecule has 0 N–H and O–H groups in total. The van der Waals surface area contributed by atoms with E-state index in [9.17, 15) is 4.79 Å². The molecule has 0 spiro atoms. The molecule has 0 aromatic heterocycles. The third-order valence-corrected chi connectivity index (χ3v) is 3.42. The first-order chi connectivity index (χ1) is 8.22. The molecule has 0 aliphatic heterocycles. The molecule has 0 saturated carbocycles. The van der Waals surface area contributed by atoms with E-state index >= 15 is 0 Å². The number of hydrogen-bond acceptors (Lipinski definition) is 2. The summed E-state index contributed by atoms with van der Waals surface area (Å²) in [5.41, 5.74) is 1.25. The van der Waals surface area contributed by atoms with Crippen LogP contribution in [0, 0.1) is 0 Å². The average molecular weight is 244 g/mol. The molecule has 0 aliphatic carbocycles. The van der Waals surface area contributed by atoms with E-state index in [1.807, 2.05) is 12.1 Å². The highest BCUT2D eigenvalue weighted by molar-refractivity contribution is 7.81. The lowest BCUT2D eigenvalue weighted by Crippen LogP contribution is -2.05. The molecule has 0 aliphatic rings. The fourth-order valence-electron chi connectivity index (χ4n) is 2.20. The molecule has 0 bridgehead atoms. The van der Waals surface area contributed by atoms with Gasteiger partial charge in [0.1, 0.15) is 5.78 Å². The highest BCUT2D eigenvalue weighted by Gasteiger charge is 2.12. The van der Waals surface area contributed by atoms with Gasteiger partial charge in [-0.3, -0.25) is 4.79 Å². The van der Waals surface area contributed by atoms with Gasteiger partial charge >= 0.3 is 0 Å². The molecule has 88 valence electrons. The number of benzene rings is 2. The van der Waals surface area contributed by atoms with Crippen LogP contribution in [0.3, 0.4) is 0 Å². The molecule has 2 aromatic rings. The Labute approximate surface area is 107 Å². The molecule has 1 atom stereocenters. The minimum Gasteiger partial charge on any atom is -0.299 e. The number of fused-ring (bicyclic) bond motifs is 1. The van der Waals surface area contributed by atoms with Gasteiger partial charge in [0.15, 0.2) is 0 Å². The molecule has 17 heavy (non-hydrogen) atoms. The van der Waals surface area contributed by atoms with Gasteiger partial charge in [0, 0.05) is 12.2 Å². The Balaban J connectivity index is 2.38. The number of rotatable bonds is 4. The fraction of sp³-hybridized carbons (Fsp3) is 0.267. The smallest absolute Gasteiger partial charge is 0.143 e. The van der Waals surface area contributed by atoms with Gasteiger partial charge in [-0.2, -0.15) is 12.6 Å². The maximum Gasteiger partial charge on any atom is 0.143 e. The second-order valence-corrected chi connectivity index (χ2v) is 4.69. The second-order valence-electron chi connectivity index (χ2n) is 4.37. The van der Waals surface area contributed by atoms with Gasteiger partial charge in [-0.25, -0.2) is 0 Å². The maximum absolute atomic E-state index is 11.5. The summed E-state index contributed by atoms with van der Waals surface area (Å²) in [5, 5.41) is 2.48. The molecule has 1 nitrogen and oxygen atoms in total.